The summed E-state index contributed by atoms with van der Waals surface area (Å²) < 4.78 is 6.84. The zero-order chi connectivity index (χ0) is 30.2. The van der Waals surface area contributed by atoms with E-state index in [1.807, 2.05) is 24.1 Å². The zero-order valence-corrected chi connectivity index (χ0v) is 27.5. The third-order valence-corrected chi connectivity index (χ3v) is 13.7. The molecule has 0 saturated heterocycles. The van der Waals surface area contributed by atoms with E-state index in [0.29, 0.717) is 24.6 Å². The standard InChI is InChI=1S/C34H54N2O4Si/c1-25(19-26-13-12-14-27(20-26)21-33(39)36(5)30-15-10-8-9-11-16-30)35-23-32(40-41(6,7)34(2,3)4)28-17-18-31(38)29(22-28)24-37/h12-14,17-18,20,22,25,30,32,35,37-38H,8-11,15-16,19,21,23-24H2,1-7H3/t25-,32+/m1/s1. The summed E-state index contributed by atoms with van der Waals surface area (Å²) in [5.41, 5.74) is 3.74. The molecule has 3 rings (SSSR count). The van der Waals surface area contributed by atoms with Gasteiger partial charge in [0.15, 0.2) is 8.32 Å². The topological polar surface area (TPSA) is 82.0 Å². The molecule has 6 nitrogen and oxygen atoms in total. The van der Waals surface area contributed by atoms with Crippen molar-refractivity contribution in [1.82, 2.24) is 10.2 Å². The van der Waals surface area contributed by atoms with E-state index in [9.17, 15) is 15.0 Å². The van der Waals surface area contributed by atoms with Crippen molar-refractivity contribution in [2.24, 2.45) is 0 Å². The first-order valence-corrected chi connectivity index (χ1v) is 18.4. The zero-order valence-electron chi connectivity index (χ0n) is 26.5. The molecule has 0 heterocycles. The summed E-state index contributed by atoms with van der Waals surface area (Å²) in [5.74, 6) is 0.310. The molecule has 2 atom stereocenters. The molecule has 0 spiro atoms. The number of hydrogen-bond acceptors (Lipinski definition) is 5. The minimum atomic E-state index is -2.09. The van der Waals surface area contributed by atoms with Crippen molar-refractivity contribution in [1.29, 1.82) is 0 Å². The summed E-state index contributed by atoms with van der Waals surface area (Å²) in [7, 11) is -0.107. The van der Waals surface area contributed by atoms with Gasteiger partial charge in [0.05, 0.1) is 19.1 Å². The third kappa shape index (κ3) is 9.67. The number of aromatic hydroxyl groups is 1. The molecule has 41 heavy (non-hydrogen) atoms. The lowest BCUT2D eigenvalue weighted by Gasteiger charge is -2.40. The second kappa shape index (κ2) is 14.8. The molecule has 1 fully saturated rings. The van der Waals surface area contributed by atoms with Crippen LogP contribution in [0.4, 0.5) is 0 Å². The lowest BCUT2D eigenvalue weighted by Crippen LogP contribution is -2.44. The number of aliphatic hydroxyl groups excluding tert-OH is 1. The van der Waals surface area contributed by atoms with E-state index in [2.05, 4.69) is 70.4 Å². The lowest BCUT2D eigenvalue weighted by molar-refractivity contribution is -0.131. The van der Waals surface area contributed by atoms with Gasteiger partial charge < -0.3 is 24.9 Å². The molecule has 0 unspecified atom stereocenters. The van der Waals surface area contributed by atoms with E-state index < -0.39 is 8.32 Å². The summed E-state index contributed by atoms with van der Waals surface area (Å²) in [6, 6.07) is 14.4. The third-order valence-electron chi connectivity index (χ3n) is 9.19. The Morgan fingerprint density at radius 3 is 2.37 bits per heavy atom. The van der Waals surface area contributed by atoms with Crippen molar-refractivity contribution in [3.05, 3.63) is 64.7 Å². The molecule has 2 aromatic carbocycles. The molecule has 3 N–H and O–H groups in total. The second-order valence-electron chi connectivity index (χ2n) is 13.6. The number of carbonyl (C=O) groups excluding carboxylic acids is 1. The number of nitrogens with zero attached hydrogens (tertiary/aromatic N) is 1. The Balaban J connectivity index is 1.65. The summed E-state index contributed by atoms with van der Waals surface area (Å²) in [6.07, 6.45) is 8.34. The predicted octanol–water partition coefficient (Wildman–Crippen LogP) is 6.89. The summed E-state index contributed by atoms with van der Waals surface area (Å²) >= 11 is 0. The van der Waals surface area contributed by atoms with Gasteiger partial charge in [0.2, 0.25) is 5.91 Å². The van der Waals surface area contributed by atoms with Gasteiger partial charge in [-0.3, -0.25) is 4.79 Å². The Morgan fingerprint density at radius 2 is 1.73 bits per heavy atom. The fraction of sp³-hybridized carbons (Fsp3) is 0.618. The molecule has 0 aromatic heterocycles. The highest BCUT2D eigenvalue weighted by Crippen LogP contribution is 2.40. The summed E-state index contributed by atoms with van der Waals surface area (Å²) in [4.78, 5) is 15.1. The fourth-order valence-corrected chi connectivity index (χ4v) is 6.73. The molecule has 0 bridgehead atoms. The number of nitrogens with one attached hydrogen (secondary N) is 1. The van der Waals surface area contributed by atoms with Gasteiger partial charge in [0.1, 0.15) is 5.75 Å². The molecule has 1 amide bonds. The van der Waals surface area contributed by atoms with E-state index in [1.54, 1.807) is 6.07 Å². The van der Waals surface area contributed by atoms with E-state index in [0.717, 1.165) is 30.4 Å². The van der Waals surface area contributed by atoms with Crippen molar-refractivity contribution >= 4 is 14.2 Å². The monoisotopic (exact) mass is 582 g/mol. The van der Waals surface area contributed by atoms with E-state index in [-0.39, 0.29) is 35.4 Å². The van der Waals surface area contributed by atoms with Crippen LogP contribution in [0.15, 0.2) is 42.5 Å². The number of aliphatic hydroxyl groups is 1. The van der Waals surface area contributed by atoms with Gasteiger partial charge >= 0.3 is 0 Å². The molecule has 0 radical (unpaired) electrons. The van der Waals surface area contributed by atoms with Gasteiger partial charge in [-0.25, -0.2) is 0 Å². The van der Waals surface area contributed by atoms with Crippen molar-refractivity contribution in [2.45, 2.75) is 122 Å². The van der Waals surface area contributed by atoms with Crippen molar-refractivity contribution < 1.29 is 19.4 Å². The average Bonchev–Trinajstić information content (AvgIpc) is 3.20. The van der Waals surface area contributed by atoms with Gasteiger partial charge in [-0.05, 0) is 73.1 Å². The molecule has 1 saturated carbocycles. The van der Waals surface area contributed by atoms with Gasteiger partial charge in [0, 0.05) is 31.2 Å². The first-order chi connectivity index (χ1) is 19.3. The molecule has 1 aliphatic carbocycles. The number of likely N-dealkylation sites (N-methyl/N-ethyl adjacent to an activating group) is 1. The summed E-state index contributed by atoms with van der Waals surface area (Å²) in [6.45, 7) is 13.8. The maximum atomic E-state index is 13.1. The van der Waals surface area contributed by atoms with Gasteiger partial charge in [-0.15, -0.1) is 0 Å². The van der Waals surface area contributed by atoms with Crippen LogP contribution in [0.25, 0.3) is 0 Å². The van der Waals surface area contributed by atoms with Crippen LogP contribution in [0.5, 0.6) is 5.75 Å². The molecule has 0 aliphatic heterocycles. The first kappa shape index (κ1) is 33.3. The van der Waals surface area contributed by atoms with Gasteiger partial charge in [0.25, 0.3) is 0 Å². The highest BCUT2D eigenvalue weighted by molar-refractivity contribution is 6.74. The van der Waals surface area contributed by atoms with Gasteiger partial charge in [-0.1, -0.05) is 76.8 Å². The van der Waals surface area contributed by atoms with Crippen LogP contribution in [0.2, 0.25) is 18.1 Å². The first-order valence-electron chi connectivity index (χ1n) is 15.5. The number of amides is 1. The Kier molecular flexibility index (Phi) is 12.0. The minimum absolute atomic E-state index is 0.0513. The van der Waals surface area contributed by atoms with E-state index >= 15 is 0 Å². The molecular weight excluding hydrogens is 528 g/mol. The number of phenols is 1. The Bertz CT molecular complexity index is 1120. The smallest absolute Gasteiger partial charge is 0.226 e. The fourth-order valence-electron chi connectivity index (χ4n) is 5.44. The van der Waals surface area contributed by atoms with Crippen LogP contribution < -0.4 is 5.32 Å². The lowest BCUT2D eigenvalue weighted by atomic mass is 10.0. The number of hydrogen-bond donors (Lipinski definition) is 3. The van der Waals surface area contributed by atoms with Crippen LogP contribution in [-0.2, 0) is 28.7 Å². The van der Waals surface area contributed by atoms with Crippen molar-refractivity contribution in [3.8, 4) is 5.75 Å². The molecule has 2 aromatic rings. The normalized spacial score (nSPS) is 16.7. The number of benzene rings is 2. The summed E-state index contributed by atoms with van der Waals surface area (Å²) in [5, 5.41) is 23.6. The minimum Gasteiger partial charge on any atom is -0.508 e. The van der Waals surface area contributed by atoms with E-state index in [4.69, 9.17) is 4.43 Å². The van der Waals surface area contributed by atoms with Gasteiger partial charge in [-0.2, -0.15) is 0 Å². The largest absolute Gasteiger partial charge is 0.508 e. The van der Waals surface area contributed by atoms with Crippen LogP contribution in [-0.4, -0.2) is 55.0 Å². The highest BCUT2D eigenvalue weighted by Gasteiger charge is 2.39. The molecule has 7 heteroatoms. The molecule has 228 valence electrons. The maximum Gasteiger partial charge on any atom is 0.226 e. The predicted molar refractivity (Wildman–Crippen MR) is 171 cm³/mol. The Labute approximate surface area is 249 Å². The van der Waals surface area contributed by atoms with Crippen molar-refractivity contribution in [3.63, 3.8) is 0 Å². The average molecular weight is 583 g/mol. The quantitative estimate of drug-likeness (QED) is 0.188. The number of carbonyl (C=O) groups is 1. The SMILES string of the molecule is C[C@H](Cc1cccc(CC(=O)N(C)C2CCCCCC2)c1)NC[C@H](O[Si](C)(C)C(C)(C)C)c1ccc(O)c(CO)c1. The second-order valence-corrected chi connectivity index (χ2v) is 18.3. The molecular formula is C34H54N2O4Si. The Morgan fingerprint density at radius 1 is 1.07 bits per heavy atom. The molecule has 1 aliphatic rings. The highest BCUT2D eigenvalue weighted by atomic mass is 28.4. The maximum absolute atomic E-state index is 13.1. The van der Waals surface area contributed by atoms with Crippen LogP contribution in [0, 0.1) is 0 Å². The van der Waals surface area contributed by atoms with Crippen molar-refractivity contribution in [2.75, 3.05) is 13.6 Å². The van der Waals surface area contributed by atoms with Crippen LogP contribution >= 0.6 is 0 Å². The Hall–Kier alpha value is -2.19. The van der Waals surface area contributed by atoms with Crippen LogP contribution in [0.3, 0.4) is 0 Å². The number of rotatable bonds is 12. The van der Waals surface area contributed by atoms with Crippen LogP contribution in [0.1, 0.15) is 94.6 Å². The van der Waals surface area contributed by atoms with E-state index in [1.165, 1.54) is 31.2 Å².